The molecule has 0 aromatic carbocycles. The van der Waals surface area contributed by atoms with Crippen molar-refractivity contribution in [1.82, 2.24) is 9.97 Å². The zero-order valence-electron chi connectivity index (χ0n) is 9.95. The van der Waals surface area contributed by atoms with E-state index >= 15 is 0 Å². The molecule has 0 aliphatic carbocycles. The Labute approximate surface area is 106 Å². The maximum absolute atomic E-state index is 10.4. The molecule has 0 N–H and O–H groups in total. The Bertz CT molecular complexity index is 483. The van der Waals surface area contributed by atoms with Crippen LogP contribution in [0.25, 0.3) is 0 Å². The Morgan fingerprint density at radius 3 is 2.67 bits per heavy atom. The summed E-state index contributed by atoms with van der Waals surface area (Å²) in [6.07, 6.45) is 7.72. The summed E-state index contributed by atoms with van der Waals surface area (Å²) in [5.41, 5.74) is 1.80. The number of nitrogens with zero attached hydrogens (tertiary/aromatic N) is 2. The van der Waals surface area contributed by atoms with Gasteiger partial charge in [0.1, 0.15) is 0 Å². The molecule has 0 saturated carbocycles. The van der Waals surface area contributed by atoms with Crippen LogP contribution in [0.15, 0.2) is 42.9 Å². The summed E-state index contributed by atoms with van der Waals surface area (Å²) in [6.45, 7) is 0.607. The van der Waals surface area contributed by atoms with Crippen molar-refractivity contribution < 1.29 is 9.53 Å². The number of hydrogen-bond donors (Lipinski definition) is 0. The van der Waals surface area contributed by atoms with Crippen molar-refractivity contribution in [3.63, 3.8) is 0 Å². The van der Waals surface area contributed by atoms with Crippen LogP contribution in [-0.4, -0.2) is 22.9 Å². The van der Waals surface area contributed by atoms with E-state index in [1.807, 2.05) is 12.1 Å². The second-order valence-electron chi connectivity index (χ2n) is 3.86. The topological polar surface area (TPSA) is 52.1 Å². The molecule has 0 bridgehead atoms. The second-order valence-corrected chi connectivity index (χ2v) is 3.86. The highest BCUT2D eigenvalue weighted by Gasteiger charge is 1.97. The van der Waals surface area contributed by atoms with E-state index in [-0.39, 0.29) is 0 Å². The maximum atomic E-state index is 10.4. The second kappa shape index (κ2) is 6.49. The van der Waals surface area contributed by atoms with Gasteiger partial charge >= 0.3 is 0 Å². The van der Waals surface area contributed by atoms with Gasteiger partial charge in [-0.3, -0.25) is 9.78 Å². The normalized spacial score (nSPS) is 10.0. The van der Waals surface area contributed by atoms with Crippen LogP contribution in [-0.2, 0) is 6.42 Å². The van der Waals surface area contributed by atoms with Crippen molar-refractivity contribution in [3.05, 3.63) is 54.0 Å². The monoisotopic (exact) mass is 242 g/mol. The molecule has 0 radical (unpaired) electrons. The number of hydrogen-bond acceptors (Lipinski definition) is 4. The van der Waals surface area contributed by atoms with Crippen LogP contribution in [0.3, 0.4) is 0 Å². The Morgan fingerprint density at radius 2 is 2.00 bits per heavy atom. The number of aldehydes is 1. The first-order chi connectivity index (χ1) is 8.88. The molecular formula is C14H14N2O2. The van der Waals surface area contributed by atoms with Gasteiger partial charge in [0.2, 0.25) is 5.88 Å². The van der Waals surface area contributed by atoms with Crippen LogP contribution in [0.5, 0.6) is 5.88 Å². The summed E-state index contributed by atoms with van der Waals surface area (Å²) in [5.74, 6) is 0.551. The third-order valence-electron chi connectivity index (χ3n) is 2.50. The van der Waals surface area contributed by atoms with Gasteiger partial charge in [-0.2, -0.15) is 0 Å². The Hall–Kier alpha value is -2.23. The Morgan fingerprint density at radius 1 is 1.17 bits per heavy atom. The summed E-state index contributed by atoms with van der Waals surface area (Å²) >= 11 is 0. The molecule has 0 aliphatic heterocycles. The van der Waals surface area contributed by atoms with Gasteiger partial charge in [0, 0.05) is 30.2 Å². The van der Waals surface area contributed by atoms with Crippen LogP contribution < -0.4 is 4.74 Å². The van der Waals surface area contributed by atoms with Crippen molar-refractivity contribution in [2.24, 2.45) is 0 Å². The minimum atomic E-state index is 0.551. The fourth-order valence-corrected chi connectivity index (χ4v) is 1.55. The van der Waals surface area contributed by atoms with Gasteiger partial charge in [0.15, 0.2) is 6.29 Å². The van der Waals surface area contributed by atoms with Crippen LogP contribution in [0.2, 0.25) is 0 Å². The van der Waals surface area contributed by atoms with Crippen LogP contribution in [0, 0.1) is 0 Å². The van der Waals surface area contributed by atoms with Gasteiger partial charge in [-0.05, 0) is 36.6 Å². The van der Waals surface area contributed by atoms with Crippen molar-refractivity contribution in [2.75, 3.05) is 6.61 Å². The van der Waals surface area contributed by atoms with Crippen LogP contribution in [0.4, 0.5) is 0 Å². The molecular weight excluding hydrogens is 228 g/mol. The lowest BCUT2D eigenvalue weighted by Gasteiger charge is -2.05. The summed E-state index contributed by atoms with van der Waals surface area (Å²) in [7, 11) is 0. The molecule has 92 valence electrons. The average molecular weight is 242 g/mol. The van der Waals surface area contributed by atoms with Crippen LogP contribution >= 0.6 is 0 Å². The SMILES string of the molecule is O=Cc1ccc(OCCCc2ccncc2)nc1. The molecule has 2 aromatic heterocycles. The molecule has 4 nitrogen and oxygen atoms in total. The zero-order valence-corrected chi connectivity index (χ0v) is 9.95. The predicted octanol–water partition coefficient (Wildman–Crippen LogP) is 2.30. The van der Waals surface area contributed by atoms with Gasteiger partial charge in [0.25, 0.3) is 0 Å². The fourth-order valence-electron chi connectivity index (χ4n) is 1.55. The quantitative estimate of drug-likeness (QED) is 0.576. The predicted molar refractivity (Wildman–Crippen MR) is 67.7 cm³/mol. The van der Waals surface area contributed by atoms with Gasteiger partial charge < -0.3 is 4.74 Å². The minimum Gasteiger partial charge on any atom is -0.478 e. The minimum absolute atomic E-state index is 0.551. The molecule has 2 aromatic rings. The lowest BCUT2D eigenvalue weighted by molar-refractivity contribution is 0.112. The third kappa shape index (κ3) is 3.66. The van der Waals surface area contributed by atoms with E-state index in [4.69, 9.17) is 4.74 Å². The number of ether oxygens (including phenoxy) is 1. The molecule has 0 atom stereocenters. The lowest BCUT2D eigenvalue weighted by Crippen LogP contribution is -2.01. The first-order valence-corrected chi connectivity index (χ1v) is 5.81. The summed E-state index contributed by atoms with van der Waals surface area (Å²) < 4.78 is 5.48. The molecule has 0 spiro atoms. The van der Waals surface area contributed by atoms with E-state index in [1.165, 1.54) is 11.8 Å². The first kappa shape index (κ1) is 12.2. The van der Waals surface area contributed by atoms with Crippen molar-refractivity contribution >= 4 is 6.29 Å². The Balaban J connectivity index is 1.73. The average Bonchev–Trinajstić information content (AvgIpc) is 2.45. The van der Waals surface area contributed by atoms with Gasteiger partial charge in [-0.15, -0.1) is 0 Å². The molecule has 18 heavy (non-hydrogen) atoms. The van der Waals surface area contributed by atoms with Crippen LogP contribution in [0.1, 0.15) is 22.3 Å². The van der Waals surface area contributed by atoms with Crippen molar-refractivity contribution in [1.29, 1.82) is 0 Å². The van der Waals surface area contributed by atoms with E-state index in [2.05, 4.69) is 9.97 Å². The van der Waals surface area contributed by atoms with Gasteiger partial charge in [-0.1, -0.05) is 0 Å². The largest absolute Gasteiger partial charge is 0.478 e. The molecule has 0 fully saturated rings. The highest BCUT2D eigenvalue weighted by molar-refractivity contribution is 5.73. The molecule has 0 aliphatic rings. The number of carbonyl (C=O) groups excluding carboxylic acids is 1. The number of aryl methyl sites for hydroxylation is 1. The Kier molecular flexibility index (Phi) is 4.41. The highest BCUT2D eigenvalue weighted by Crippen LogP contribution is 2.07. The fraction of sp³-hybridized carbons (Fsp3) is 0.214. The van der Waals surface area contributed by atoms with E-state index in [1.54, 1.807) is 24.5 Å². The maximum Gasteiger partial charge on any atom is 0.213 e. The van der Waals surface area contributed by atoms with E-state index in [0.717, 1.165) is 19.1 Å². The van der Waals surface area contributed by atoms with Crippen molar-refractivity contribution in [2.45, 2.75) is 12.8 Å². The molecule has 2 heterocycles. The van der Waals surface area contributed by atoms with Gasteiger partial charge in [-0.25, -0.2) is 4.98 Å². The highest BCUT2D eigenvalue weighted by atomic mass is 16.5. The first-order valence-electron chi connectivity index (χ1n) is 5.81. The van der Waals surface area contributed by atoms with E-state index < -0.39 is 0 Å². The smallest absolute Gasteiger partial charge is 0.213 e. The number of aromatic nitrogens is 2. The number of pyridine rings is 2. The van der Waals surface area contributed by atoms with Gasteiger partial charge in [0.05, 0.1) is 6.61 Å². The molecule has 2 rings (SSSR count). The zero-order chi connectivity index (χ0) is 12.6. The molecule has 0 unspecified atom stereocenters. The standard InChI is InChI=1S/C14H14N2O2/c17-11-13-3-4-14(16-10-13)18-9-1-2-12-5-7-15-8-6-12/h3-8,10-11H,1-2,9H2. The molecule has 4 heteroatoms. The van der Waals surface area contributed by atoms with Crippen molar-refractivity contribution in [3.8, 4) is 5.88 Å². The third-order valence-corrected chi connectivity index (χ3v) is 2.50. The summed E-state index contributed by atoms with van der Waals surface area (Å²) in [6, 6.07) is 7.39. The lowest BCUT2D eigenvalue weighted by atomic mass is 10.1. The molecule has 0 amide bonds. The summed E-state index contributed by atoms with van der Waals surface area (Å²) in [4.78, 5) is 18.4. The molecule has 0 saturated heterocycles. The van der Waals surface area contributed by atoms with E-state index in [0.29, 0.717) is 18.1 Å². The number of rotatable bonds is 6. The van der Waals surface area contributed by atoms with E-state index in [9.17, 15) is 4.79 Å². The number of carbonyl (C=O) groups is 1. The summed E-state index contributed by atoms with van der Waals surface area (Å²) in [5, 5.41) is 0.